The zero-order chi connectivity index (χ0) is 15.1. The third-order valence-corrected chi connectivity index (χ3v) is 4.71. The van der Waals surface area contributed by atoms with Crippen LogP contribution in [0.4, 0.5) is 0 Å². The van der Waals surface area contributed by atoms with Crippen molar-refractivity contribution in [2.45, 2.75) is 102 Å². The van der Waals surface area contributed by atoms with Crippen LogP contribution >= 0.6 is 11.6 Å². The fraction of sp³-hybridized carbons (Fsp3) is 1.00. The van der Waals surface area contributed by atoms with E-state index in [1.165, 1.54) is 83.5 Å². The smallest absolute Gasteiger partial charge is 0.0845 e. The van der Waals surface area contributed by atoms with Crippen LogP contribution in [0.2, 0.25) is 0 Å². The Morgan fingerprint density at radius 1 is 0.650 bits per heavy atom. The van der Waals surface area contributed by atoms with Crippen molar-refractivity contribution in [1.29, 1.82) is 0 Å². The van der Waals surface area contributed by atoms with Gasteiger partial charge in [-0.05, 0) is 20.5 Å². The Bertz CT molecular complexity index is 182. The Morgan fingerprint density at radius 2 is 1.00 bits per heavy atom. The molecule has 0 spiro atoms. The summed E-state index contributed by atoms with van der Waals surface area (Å²) in [6.07, 6.45) is 19.5. The van der Waals surface area contributed by atoms with E-state index in [2.05, 4.69) is 25.9 Å². The second kappa shape index (κ2) is 15.6. The van der Waals surface area contributed by atoms with Gasteiger partial charge in [0, 0.05) is 0 Å². The Labute approximate surface area is 133 Å². The fourth-order valence-electron chi connectivity index (χ4n) is 2.59. The Morgan fingerprint density at radius 3 is 1.35 bits per heavy atom. The Hall–Kier alpha value is 0.250. The molecule has 0 fully saturated rings. The molecule has 122 valence electrons. The van der Waals surface area contributed by atoms with E-state index in [0.29, 0.717) is 0 Å². The van der Waals surface area contributed by atoms with Crippen LogP contribution in [0.5, 0.6) is 0 Å². The highest BCUT2D eigenvalue weighted by Gasteiger charge is 2.05. The van der Waals surface area contributed by atoms with E-state index in [1.807, 2.05) is 0 Å². The molecule has 1 nitrogen and oxygen atoms in total. The highest BCUT2D eigenvalue weighted by molar-refractivity contribution is 6.20. The summed E-state index contributed by atoms with van der Waals surface area (Å²) in [6.45, 7) is 2.29. The van der Waals surface area contributed by atoms with Gasteiger partial charge in [-0.2, -0.15) is 0 Å². The second-order valence-corrected chi connectivity index (χ2v) is 6.93. The van der Waals surface area contributed by atoms with E-state index in [9.17, 15) is 0 Å². The minimum Gasteiger partial charge on any atom is -0.294 e. The molecule has 0 N–H and O–H groups in total. The average molecular weight is 304 g/mol. The van der Waals surface area contributed by atoms with Gasteiger partial charge >= 0.3 is 0 Å². The summed E-state index contributed by atoms with van der Waals surface area (Å²) >= 11 is 6.18. The lowest BCUT2D eigenvalue weighted by Gasteiger charge is -2.16. The van der Waals surface area contributed by atoms with Crippen molar-refractivity contribution >= 4 is 11.6 Å². The first-order valence-corrected chi connectivity index (χ1v) is 9.42. The molecule has 0 aliphatic carbocycles. The molecular weight excluding hydrogens is 266 g/mol. The minimum absolute atomic E-state index is 0.225. The molecule has 0 bridgehead atoms. The van der Waals surface area contributed by atoms with Crippen molar-refractivity contribution in [1.82, 2.24) is 4.90 Å². The van der Waals surface area contributed by atoms with Crippen LogP contribution in [0.15, 0.2) is 0 Å². The van der Waals surface area contributed by atoms with Gasteiger partial charge in [0.05, 0.1) is 5.50 Å². The van der Waals surface area contributed by atoms with Crippen molar-refractivity contribution in [3.05, 3.63) is 0 Å². The molecule has 0 radical (unpaired) electrons. The predicted octanol–water partition coefficient (Wildman–Crippen LogP) is 6.59. The molecule has 0 amide bonds. The lowest BCUT2D eigenvalue weighted by Crippen LogP contribution is -2.21. The van der Waals surface area contributed by atoms with E-state index in [1.54, 1.807) is 0 Å². The van der Waals surface area contributed by atoms with Crippen LogP contribution in [0.1, 0.15) is 96.8 Å². The first-order valence-electron chi connectivity index (χ1n) is 8.99. The highest BCUT2D eigenvalue weighted by atomic mass is 35.5. The van der Waals surface area contributed by atoms with E-state index >= 15 is 0 Å². The van der Waals surface area contributed by atoms with Gasteiger partial charge in [0.2, 0.25) is 0 Å². The number of hydrogen-bond acceptors (Lipinski definition) is 1. The molecule has 1 unspecified atom stereocenters. The third-order valence-electron chi connectivity index (χ3n) is 4.11. The van der Waals surface area contributed by atoms with Crippen LogP contribution in [0, 0.1) is 0 Å². The average Bonchev–Trinajstić information content (AvgIpc) is 2.43. The number of alkyl halides is 1. The summed E-state index contributed by atoms with van der Waals surface area (Å²) in [7, 11) is 4.11. The summed E-state index contributed by atoms with van der Waals surface area (Å²) in [6, 6.07) is 0. The van der Waals surface area contributed by atoms with Crippen molar-refractivity contribution in [2.75, 3.05) is 14.1 Å². The fourth-order valence-corrected chi connectivity index (χ4v) is 2.74. The van der Waals surface area contributed by atoms with E-state index in [0.717, 1.165) is 6.42 Å². The summed E-state index contributed by atoms with van der Waals surface area (Å²) in [4.78, 5) is 2.10. The van der Waals surface area contributed by atoms with Crippen LogP contribution in [0.3, 0.4) is 0 Å². The molecule has 0 aliphatic rings. The zero-order valence-electron chi connectivity index (χ0n) is 14.3. The summed E-state index contributed by atoms with van der Waals surface area (Å²) in [5, 5.41) is 0. The lowest BCUT2D eigenvalue weighted by molar-refractivity contribution is 0.351. The number of unbranched alkanes of at least 4 members (excludes halogenated alkanes) is 12. The molecule has 0 aromatic rings. The van der Waals surface area contributed by atoms with Crippen molar-refractivity contribution < 1.29 is 0 Å². The number of hydrogen-bond donors (Lipinski definition) is 0. The molecule has 0 heterocycles. The minimum atomic E-state index is 0.225. The van der Waals surface area contributed by atoms with Crippen molar-refractivity contribution in [3.63, 3.8) is 0 Å². The van der Waals surface area contributed by atoms with Crippen molar-refractivity contribution in [2.24, 2.45) is 0 Å². The number of halogens is 1. The zero-order valence-corrected chi connectivity index (χ0v) is 15.1. The second-order valence-electron chi connectivity index (χ2n) is 6.43. The van der Waals surface area contributed by atoms with Gasteiger partial charge in [-0.15, -0.1) is 11.6 Å². The van der Waals surface area contributed by atoms with Crippen LogP contribution < -0.4 is 0 Å². The van der Waals surface area contributed by atoms with Gasteiger partial charge in [0.15, 0.2) is 0 Å². The summed E-state index contributed by atoms with van der Waals surface area (Å²) in [5.41, 5.74) is 0.225. The maximum absolute atomic E-state index is 6.18. The molecule has 0 saturated heterocycles. The lowest BCUT2D eigenvalue weighted by atomic mass is 10.0. The van der Waals surface area contributed by atoms with Gasteiger partial charge in [0.1, 0.15) is 0 Å². The maximum atomic E-state index is 6.18. The number of nitrogens with zero attached hydrogens (tertiary/aromatic N) is 1. The molecule has 0 saturated carbocycles. The third kappa shape index (κ3) is 14.7. The van der Waals surface area contributed by atoms with Gasteiger partial charge in [-0.25, -0.2) is 0 Å². The Balaban J connectivity index is 3.03. The highest BCUT2D eigenvalue weighted by Crippen LogP contribution is 2.15. The van der Waals surface area contributed by atoms with Gasteiger partial charge in [0.25, 0.3) is 0 Å². The Kier molecular flexibility index (Phi) is 15.8. The molecule has 0 aromatic carbocycles. The largest absolute Gasteiger partial charge is 0.294 e. The molecular formula is C18H38ClN. The number of rotatable bonds is 15. The molecule has 0 aromatic heterocycles. The summed E-state index contributed by atoms with van der Waals surface area (Å²) < 4.78 is 0. The normalized spacial score (nSPS) is 13.1. The van der Waals surface area contributed by atoms with E-state index in [-0.39, 0.29) is 5.50 Å². The van der Waals surface area contributed by atoms with E-state index in [4.69, 9.17) is 11.6 Å². The van der Waals surface area contributed by atoms with Crippen LogP contribution in [-0.4, -0.2) is 24.5 Å². The molecule has 0 rings (SSSR count). The topological polar surface area (TPSA) is 3.24 Å². The maximum Gasteiger partial charge on any atom is 0.0845 e. The van der Waals surface area contributed by atoms with Gasteiger partial charge in [-0.3, -0.25) is 4.90 Å². The first-order chi connectivity index (χ1) is 9.68. The van der Waals surface area contributed by atoms with Gasteiger partial charge < -0.3 is 0 Å². The standard InChI is InChI=1S/C18H38ClN/c1-4-5-6-7-8-9-10-11-12-13-14-15-16-17-18(19)20(2)3/h18H,4-17H2,1-3H3. The molecule has 0 aliphatic heterocycles. The predicted molar refractivity (Wildman–Crippen MR) is 93.6 cm³/mol. The monoisotopic (exact) mass is 303 g/mol. The van der Waals surface area contributed by atoms with E-state index < -0.39 is 0 Å². The van der Waals surface area contributed by atoms with Gasteiger partial charge in [-0.1, -0.05) is 90.4 Å². The molecule has 20 heavy (non-hydrogen) atoms. The summed E-state index contributed by atoms with van der Waals surface area (Å²) in [5.74, 6) is 0. The van der Waals surface area contributed by atoms with Crippen LogP contribution in [-0.2, 0) is 0 Å². The molecule has 1 atom stereocenters. The first kappa shape index (κ1) is 20.2. The van der Waals surface area contributed by atoms with Crippen molar-refractivity contribution in [3.8, 4) is 0 Å². The quantitative estimate of drug-likeness (QED) is 0.187. The molecule has 2 heteroatoms. The van der Waals surface area contributed by atoms with Crippen LogP contribution in [0.25, 0.3) is 0 Å². The SMILES string of the molecule is CCCCCCCCCCCCCCCC(Cl)N(C)C.